The summed E-state index contributed by atoms with van der Waals surface area (Å²) in [4.78, 5) is 22.4. The van der Waals surface area contributed by atoms with Crippen molar-refractivity contribution in [3.8, 4) is 5.75 Å². The lowest BCUT2D eigenvalue weighted by Gasteiger charge is -2.19. The molecule has 1 aliphatic heterocycles. The number of pyridine rings is 1. The van der Waals surface area contributed by atoms with Gasteiger partial charge in [0.15, 0.2) is 26.5 Å². The SMILES string of the molecule is O=C(Nc1nc2cccnc2s1)C(Oc1ccc(F)cc1F)c1ccc(S(=O)(=O)C2CCOC2)cc1. The highest BCUT2D eigenvalue weighted by molar-refractivity contribution is 7.92. The van der Waals surface area contributed by atoms with Crippen molar-refractivity contribution in [2.45, 2.75) is 22.7 Å². The molecule has 0 saturated carbocycles. The first-order valence-electron chi connectivity index (χ1n) is 10.9. The van der Waals surface area contributed by atoms with E-state index in [-0.39, 0.29) is 27.9 Å². The Labute approximate surface area is 208 Å². The zero-order valence-electron chi connectivity index (χ0n) is 18.6. The van der Waals surface area contributed by atoms with Gasteiger partial charge in [0.2, 0.25) is 6.10 Å². The number of sulfone groups is 1. The zero-order valence-corrected chi connectivity index (χ0v) is 20.2. The Kier molecular flexibility index (Phi) is 6.65. The molecule has 1 amide bonds. The van der Waals surface area contributed by atoms with Crippen LogP contribution in [0.1, 0.15) is 18.1 Å². The highest BCUT2D eigenvalue weighted by Crippen LogP contribution is 2.30. The summed E-state index contributed by atoms with van der Waals surface area (Å²) in [7, 11) is -3.62. The van der Waals surface area contributed by atoms with E-state index in [2.05, 4.69) is 15.3 Å². The van der Waals surface area contributed by atoms with Crippen molar-refractivity contribution in [2.75, 3.05) is 18.5 Å². The number of nitrogens with one attached hydrogen (secondary N) is 1. The molecule has 0 radical (unpaired) electrons. The van der Waals surface area contributed by atoms with Gasteiger partial charge in [0.25, 0.3) is 5.91 Å². The van der Waals surface area contributed by atoms with Gasteiger partial charge in [0, 0.05) is 24.4 Å². The number of halogens is 2. The van der Waals surface area contributed by atoms with E-state index < -0.39 is 38.7 Å². The van der Waals surface area contributed by atoms with Gasteiger partial charge in [-0.3, -0.25) is 10.1 Å². The number of ether oxygens (including phenoxy) is 2. The van der Waals surface area contributed by atoms with Crippen molar-refractivity contribution >= 4 is 42.6 Å². The van der Waals surface area contributed by atoms with Gasteiger partial charge in [-0.25, -0.2) is 27.2 Å². The molecule has 1 fully saturated rings. The number of aromatic nitrogens is 2. The Morgan fingerprint density at radius 2 is 1.97 bits per heavy atom. The summed E-state index contributed by atoms with van der Waals surface area (Å²) in [6.45, 7) is 0.502. The van der Waals surface area contributed by atoms with E-state index in [1.807, 2.05) is 0 Å². The number of anilines is 1. The van der Waals surface area contributed by atoms with Crippen molar-refractivity contribution in [3.05, 3.63) is 78.0 Å². The van der Waals surface area contributed by atoms with Crippen LogP contribution in [-0.2, 0) is 19.4 Å². The topological polar surface area (TPSA) is 107 Å². The van der Waals surface area contributed by atoms with Crippen LogP contribution in [0.15, 0.2) is 65.7 Å². The van der Waals surface area contributed by atoms with Crippen molar-refractivity contribution in [1.29, 1.82) is 0 Å². The van der Waals surface area contributed by atoms with E-state index in [9.17, 15) is 22.0 Å². The minimum atomic E-state index is -3.62. The highest BCUT2D eigenvalue weighted by Gasteiger charge is 2.32. The number of thiazole rings is 1. The summed E-state index contributed by atoms with van der Waals surface area (Å²) >= 11 is 1.14. The zero-order chi connectivity index (χ0) is 25.3. The third kappa shape index (κ3) is 4.92. The number of amides is 1. The number of benzene rings is 2. The summed E-state index contributed by atoms with van der Waals surface area (Å²) in [6.07, 6.45) is 0.610. The lowest BCUT2D eigenvalue weighted by molar-refractivity contribution is -0.123. The van der Waals surface area contributed by atoms with Gasteiger partial charge in [0.05, 0.1) is 16.8 Å². The highest BCUT2D eigenvalue weighted by atomic mass is 32.2. The van der Waals surface area contributed by atoms with Crippen LogP contribution in [0.25, 0.3) is 10.3 Å². The maximum atomic E-state index is 14.3. The van der Waals surface area contributed by atoms with E-state index in [0.29, 0.717) is 29.4 Å². The fraction of sp³-hybridized carbons (Fsp3) is 0.208. The van der Waals surface area contributed by atoms with Crippen LogP contribution >= 0.6 is 11.3 Å². The Balaban J connectivity index is 1.45. The molecule has 3 heterocycles. The molecule has 1 aliphatic rings. The van der Waals surface area contributed by atoms with Gasteiger partial charge < -0.3 is 9.47 Å². The predicted molar refractivity (Wildman–Crippen MR) is 129 cm³/mol. The third-order valence-corrected chi connectivity index (χ3v) is 8.68. The average Bonchev–Trinajstić information content (AvgIpc) is 3.54. The molecule has 186 valence electrons. The summed E-state index contributed by atoms with van der Waals surface area (Å²) in [5.41, 5.74) is 0.849. The molecule has 36 heavy (non-hydrogen) atoms. The van der Waals surface area contributed by atoms with Crippen molar-refractivity contribution in [1.82, 2.24) is 9.97 Å². The molecule has 0 spiro atoms. The minimum absolute atomic E-state index is 0.0751. The molecule has 2 unspecified atom stereocenters. The second kappa shape index (κ2) is 9.88. The summed E-state index contributed by atoms with van der Waals surface area (Å²) in [5.74, 6) is -2.81. The second-order valence-electron chi connectivity index (χ2n) is 8.01. The maximum Gasteiger partial charge on any atom is 0.271 e. The Morgan fingerprint density at radius 3 is 2.67 bits per heavy atom. The summed E-state index contributed by atoms with van der Waals surface area (Å²) < 4.78 is 64.3. The molecule has 2 aromatic heterocycles. The standard InChI is InChI=1S/C24H19F2N3O5S2/c25-15-5-8-20(18(26)12-15)34-21(22(30)29-24-28-19-2-1-10-27-23(19)35-24)14-3-6-16(7-4-14)36(31,32)17-9-11-33-13-17/h1-8,10,12,17,21H,9,11,13H2,(H,28,29,30). The van der Waals surface area contributed by atoms with Crippen LogP contribution in [0.5, 0.6) is 5.75 Å². The van der Waals surface area contributed by atoms with Gasteiger partial charge in [-0.05, 0) is 42.8 Å². The van der Waals surface area contributed by atoms with Crippen LogP contribution in [0.4, 0.5) is 13.9 Å². The third-order valence-electron chi connectivity index (χ3n) is 5.61. The molecule has 4 aromatic rings. The molecular formula is C24H19F2N3O5S2. The molecular weight excluding hydrogens is 512 g/mol. The molecule has 12 heteroatoms. The van der Waals surface area contributed by atoms with E-state index in [1.165, 1.54) is 24.3 Å². The van der Waals surface area contributed by atoms with Gasteiger partial charge >= 0.3 is 0 Å². The van der Waals surface area contributed by atoms with E-state index in [0.717, 1.165) is 23.5 Å². The molecule has 1 N–H and O–H groups in total. The van der Waals surface area contributed by atoms with Crippen molar-refractivity contribution in [2.24, 2.45) is 0 Å². The molecule has 8 nitrogen and oxygen atoms in total. The number of hydrogen-bond acceptors (Lipinski definition) is 8. The van der Waals surface area contributed by atoms with Crippen LogP contribution in [0, 0.1) is 11.6 Å². The summed E-state index contributed by atoms with van der Waals surface area (Å²) in [6, 6.07) is 11.8. The molecule has 5 rings (SSSR count). The Bertz CT molecular complexity index is 1490. The van der Waals surface area contributed by atoms with Crippen LogP contribution in [0.3, 0.4) is 0 Å². The van der Waals surface area contributed by atoms with E-state index >= 15 is 0 Å². The van der Waals surface area contributed by atoms with Gasteiger partial charge in [-0.2, -0.15) is 0 Å². The number of nitrogens with zero attached hydrogens (tertiary/aromatic N) is 2. The minimum Gasteiger partial charge on any atom is -0.473 e. The number of fused-ring (bicyclic) bond motifs is 1. The molecule has 2 atom stereocenters. The Morgan fingerprint density at radius 1 is 1.17 bits per heavy atom. The fourth-order valence-electron chi connectivity index (χ4n) is 3.75. The Hall–Kier alpha value is -3.48. The van der Waals surface area contributed by atoms with E-state index in [4.69, 9.17) is 9.47 Å². The lowest BCUT2D eigenvalue weighted by Crippen LogP contribution is -2.26. The number of rotatable bonds is 7. The van der Waals surface area contributed by atoms with Crippen LogP contribution in [0.2, 0.25) is 0 Å². The largest absolute Gasteiger partial charge is 0.473 e. The monoisotopic (exact) mass is 531 g/mol. The average molecular weight is 532 g/mol. The summed E-state index contributed by atoms with van der Waals surface area (Å²) in [5, 5.41) is 2.26. The smallest absolute Gasteiger partial charge is 0.271 e. The first-order chi connectivity index (χ1) is 17.3. The first-order valence-corrected chi connectivity index (χ1v) is 13.2. The van der Waals surface area contributed by atoms with Gasteiger partial charge in [0.1, 0.15) is 16.2 Å². The lowest BCUT2D eigenvalue weighted by atomic mass is 10.1. The molecule has 2 aromatic carbocycles. The van der Waals surface area contributed by atoms with Crippen molar-refractivity contribution < 1.29 is 31.5 Å². The molecule has 1 saturated heterocycles. The van der Waals surface area contributed by atoms with Crippen LogP contribution < -0.4 is 10.1 Å². The maximum absolute atomic E-state index is 14.3. The van der Waals surface area contributed by atoms with Crippen molar-refractivity contribution in [3.63, 3.8) is 0 Å². The van der Waals surface area contributed by atoms with E-state index in [1.54, 1.807) is 18.3 Å². The number of hydrogen-bond donors (Lipinski definition) is 1. The predicted octanol–water partition coefficient (Wildman–Crippen LogP) is 4.29. The first kappa shape index (κ1) is 24.2. The van der Waals surface area contributed by atoms with Crippen LogP contribution in [-0.4, -0.2) is 42.8 Å². The molecule has 0 aliphatic carbocycles. The molecule has 0 bridgehead atoms. The van der Waals surface area contributed by atoms with Gasteiger partial charge in [-0.1, -0.05) is 23.5 Å². The van der Waals surface area contributed by atoms with Gasteiger partial charge in [-0.15, -0.1) is 0 Å². The normalized spacial score (nSPS) is 16.7. The second-order valence-corrected chi connectivity index (χ2v) is 11.2. The fourth-order valence-corrected chi connectivity index (χ4v) is 6.14. The number of carbonyl (C=O) groups excluding carboxylic acids is 1. The quantitative estimate of drug-likeness (QED) is 0.379. The number of carbonyl (C=O) groups is 1.